The van der Waals surface area contributed by atoms with E-state index in [1.165, 1.54) is 26.3 Å². The lowest BCUT2D eigenvalue weighted by Crippen LogP contribution is -2.29. The first-order valence-electron chi connectivity index (χ1n) is 9.03. The topological polar surface area (TPSA) is 75.7 Å². The van der Waals surface area contributed by atoms with Gasteiger partial charge in [-0.3, -0.25) is 4.79 Å². The standard InChI is InChI=1S/C21H26N2O4S/c1-4-14-23(16-18-8-6-5-7-9-18)21(24)13-11-17-10-12-19(27-3)20(15-17)28(25,26)22-2/h5-13,15,22H,4,14,16H2,1-3H3/b13-11+. The number of benzene rings is 2. The quantitative estimate of drug-likeness (QED) is 0.654. The molecular weight excluding hydrogens is 376 g/mol. The van der Waals surface area contributed by atoms with Crippen LogP contribution in [0.2, 0.25) is 0 Å². The van der Waals surface area contributed by atoms with E-state index in [0.29, 0.717) is 18.7 Å². The molecular formula is C21H26N2O4S. The number of amides is 1. The van der Waals surface area contributed by atoms with Crippen LogP contribution in [0.4, 0.5) is 0 Å². The maximum absolute atomic E-state index is 12.7. The molecule has 0 atom stereocenters. The van der Waals surface area contributed by atoms with Crippen LogP contribution >= 0.6 is 0 Å². The maximum Gasteiger partial charge on any atom is 0.246 e. The first-order chi connectivity index (χ1) is 13.4. The Kier molecular flexibility index (Phi) is 7.78. The molecule has 0 unspecified atom stereocenters. The molecule has 2 rings (SSSR count). The van der Waals surface area contributed by atoms with Gasteiger partial charge in [0.05, 0.1) is 7.11 Å². The van der Waals surface area contributed by atoms with Crippen molar-refractivity contribution in [2.45, 2.75) is 24.8 Å². The SMILES string of the molecule is CCCN(Cc1ccccc1)C(=O)/C=C/c1ccc(OC)c(S(=O)(=O)NC)c1. The highest BCUT2D eigenvalue weighted by atomic mass is 32.2. The van der Waals surface area contributed by atoms with Gasteiger partial charge in [-0.15, -0.1) is 0 Å². The van der Waals surface area contributed by atoms with Gasteiger partial charge in [0.15, 0.2) is 0 Å². The zero-order chi connectivity index (χ0) is 20.6. The Morgan fingerprint density at radius 2 is 1.89 bits per heavy atom. The van der Waals surface area contributed by atoms with Crippen molar-refractivity contribution in [2.24, 2.45) is 0 Å². The predicted molar refractivity (Wildman–Crippen MR) is 110 cm³/mol. The Hall–Kier alpha value is -2.64. The fourth-order valence-electron chi connectivity index (χ4n) is 2.73. The smallest absolute Gasteiger partial charge is 0.246 e. The van der Waals surface area contributed by atoms with E-state index in [0.717, 1.165) is 12.0 Å². The molecule has 0 saturated carbocycles. The molecule has 7 heteroatoms. The van der Waals surface area contributed by atoms with Crippen molar-refractivity contribution in [3.05, 3.63) is 65.7 Å². The normalized spacial score (nSPS) is 11.5. The minimum Gasteiger partial charge on any atom is -0.495 e. The number of carbonyl (C=O) groups is 1. The summed E-state index contributed by atoms with van der Waals surface area (Å²) in [4.78, 5) is 14.4. The Labute approximate surface area is 166 Å². The number of methoxy groups -OCH3 is 1. The molecule has 0 fully saturated rings. The maximum atomic E-state index is 12.7. The van der Waals surface area contributed by atoms with Crippen LogP contribution < -0.4 is 9.46 Å². The van der Waals surface area contributed by atoms with E-state index in [2.05, 4.69) is 4.72 Å². The van der Waals surface area contributed by atoms with Crippen molar-refractivity contribution in [1.29, 1.82) is 0 Å². The third-order valence-electron chi connectivity index (χ3n) is 4.19. The molecule has 1 N–H and O–H groups in total. The molecule has 6 nitrogen and oxygen atoms in total. The molecule has 0 heterocycles. The summed E-state index contributed by atoms with van der Waals surface area (Å²) in [6.07, 6.45) is 3.93. The second kappa shape index (κ2) is 10.1. The molecule has 0 spiro atoms. The zero-order valence-electron chi connectivity index (χ0n) is 16.4. The van der Waals surface area contributed by atoms with Gasteiger partial charge in [-0.05, 0) is 42.8 Å². The summed E-state index contributed by atoms with van der Waals surface area (Å²) < 4.78 is 31.8. The van der Waals surface area contributed by atoms with Crippen molar-refractivity contribution in [1.82, 2.24) is 9.62 Å². The van der Waals surface area contributed by atoms with Crippen molar-refractivity contribution in [3.63, 3.8) is 0 Å². The summed E-state index contributed by atoms with van der Waals surface area (Å²) >= 11 is 0. The second-order valence-corrected chi connectivity index (χ2v) is 8.05. The van der Waals surface area contributed by atoms with Gasteiger partial charge in [0, 0.05) is 19.2 Å². The highest BCUT2D eigenvalue weighted by molar-refractivity contribution is 7.89. The summed E-state index contributed by atoms with van der Waals surface area (Å²) in [5, 5.41) is 0. The average molecular weight is 403 g/mol. The summed E-state index contributed by atoms with van der Waals surface area (Å²) in [6.45, 7) is 3.19. The number of nitrogens with one attached hydrogen (secondary N) is 1. The molecule has 150 valence electrons. The van der Waals surface area contributed by atoms with Crippen LogP contribution in [-0.4, -0.2) is 39.9 Å². The lowest BCUT2D eigenvalue weighted by Gasteiger charge is -2.20. The van der Waals surface area contributed by atoms with Gasteiger partial charge in [0.25, 0.3) is 0 Å². The lowest BCUT2D eigenvalue weighted by atomic mass is 10.2. The van der Waals surface area contributed by atoms with Crippen LogP contribution in [0.5, 0.6) is 5.75 Å². The highest BCUT2D eigenvalue weighted by Crippen LogP contribution is 2.25. The molecule has 0 aromatic heterocycles. The molecule has 0 aliphatic carbocycles. The predicted octanol–water partition coefficient (Wildman–Crippen LogP) is 3.06. The number of hydrogen-bond acceptors (Lipinski definition) is 4. The van der Waals surface area contributed by atoms with E-state index in [9.17, 15) is 13.2 Å². The van der Waals surface area contributed by atoms with Crippen LogP contribution in [0.3, 0.4) is 0 Å². The van der Waals surface area contributed by atoms with Crippen molar-refractivity contribution in [2.75, 3.05) is 20.7 Å². The van der Waals surface area contributed by atoms with E-state index in [1.807, 2.05) is 37.3 Å². The number of rotatable bonds is 9. The third kappa shape index (κ3) is 5.68. The molecule has 2 aromatic carbocycles. The number of carbonyl (C=O) groups excluding carboxylic acids is 1. The fraction of sp³-hybridized carbons (Fsp3) is 0.286. The molecule has 0 bridgehead atoms. The first-order valence-corrected chi connectivity index (χ1v) is 10.5. The summed E-state index contributed by atoms with van der Waals surface area (Å²) in [7, 11) is -0.920. The van der Waals surface area contributed by atoms with E-state index in [-0.39, 0.29) is 16.6 Å². The fourth-order valence-corrected chi connectivity index (χ4v) is 3.66. The molecule has 0 aliphatic heterocycles. The van der Waals surface area contributed by atoms with E-state index >= 15 is 0 Å². The summed E-state index contributed by atoms with van der Waals surface area (Å²) in [5.41, 5.74) is 1.66. The zero-order valence-corrected chi connectivity index (χ0v) is 17.2. The van der Waals surface area contributed by atoms with Crippen LogP contribution in [-0.2, 0) is 21.4 Å². The Morgan fingerprint density at radius 3 is 2.50 bits per heavy atom. The van der Waals surface area contributed by atoms with Crippen molar-refractivity contribution in [3.8, 4) is 5.75 Å². The largest absolute Gasteiger partial charge is 0.495 e. The third-order valence-corrected chi connectivity index (χ3v) is 5.62. The van der Waals surface area contributed by atoms with Gasteiger partial charge < -0.3 is 9.64 Å². The van der Waals surface area contributed by atoms with Gasteiger partial charge in [-0.1, -0.05) is 43.3 Å². The van der Waals surface area contributed by atoms with Gasteiger partial charge in [0.1, 0.15) is 10.6 Å². The highest BCUT2D eigenvalue weighted by Gasteiger charge is 2.18. The van der Waals surface area contributed by atoms with Gasteiger partial charge >= 0.3 is 0 Å². The van der Waals surface area contributed by atoms with Gasteiger partial charge in [0.2, 0.25) is 15.9 Å². The number of sulfonamides is 1. The summed E-state index contributed by atoms with van der Waals surface area (Å²) in [5.74, 6) is 0.119. The van der Waals surface area contributed by atoms with Crippen LogP contribution in [0.25, 0.3) is 6.08 Å². The van der Waals surface area contributed by atoms with Gasteiger partial charge in [-0.2, -0.15) is 0 Å². The Balaban J connectivity index is 2.23. The van der Waals surface area contributed by atoms with E-state index in [4.69, 9.17) is 4.74 Å². The van der Waals surface area contributed by atoms with Crippen LogP contribution in [0, 0.1) is 0 Å². The number of hydrogen-bond donors (Lipinski definition) is 1. The van der Waals surface area contributed by atoms with E-state index < -0.39 is 10.0 Å². The average Bonchev–Trinajstić information content (AvgIpc) is 2.72. The van der Waals surface area contributed by atoms with Crippen molar-refractivity contribution < 1.29 is 17.9 Å². The first kappa shape index (κ1) is 21.7. The molecule has 1 amide bonds. The van der Waals surface area contributed by atoms with E-state index in [1.54, 1.807) is 23.1 Å². The minimum atomic E-state index is -3.67. The Morgan fingerprint density at radius 1 is 1.18 bits per heavy atom. The van der Waals surface area contributed by atoms with Gasteiger partial charge in [-0.25, -0.2) is 13.1 Å². The molecule has 28 heavy (non-hydrogen) atoms. The molecule has 2 aromatic rings. The van der Waals surface area contributed by atoms with Crippen LogP contribution in [0.1, 0.15) is 24.5 Å². The second-order valence-electron chi connectivity index (χ2n) is 6.20. The minimum absolute atomic E-state index is 0.0294. The molecule has 0 radical (unpaired) electrons. The summed E-state index contributed by atoms with van der Waals surface area (Å²) in [6, 6.07) is 14.6. The number of nitrogens with zero attached hydrogens (tertiary/aromatic N) is 1. The number of ether oxygens (including phenoxy) is 1. The van der Waals surface area contributed by atoms with Crippen LogP contribution in [0.15, 0.2) is 59.5 Å². The monoisotopic (exact) mass is 402 g/mol. The Bertz CT molecular complexity index is 925. The molecule has 0 saturated heterocycles. The molecule has 0 aliphatic rings. The lowest BCUT2D eigenvalue weighted by molar-refractivity contribution is -0.126. The van der Waals surface area contributed by atoms with Crippen molar-refractivity contribution >= 4 is 22.0 Å².